The van der Waals surface area contributed by atoms with Gasteiger partial charge in [-0.2, -0.15) is 0 Å². The van der Waals surface area contributed by atoms with Crippen LogP contribution in [-0.4, -0.2) is 55.4 Å². The Balaban J connectivity index is 1.96. The van der Waals surface area contributed by atoms with E-state index >= 15 is 0 Å². The van der Waals surface area contributed by atoms with Gasteiger partial charge in [-0.25, -0.2) is 13.1 Å². The molecule has 32 heavy (non-hydrogen) atoms. The number of carbonyl (C=O) groups excluding carboxylic acids is 1. The number of hydrogen-bond donors (Lipinski definition) is 2. The van der Waals surface area contributed by atoms with Gasteiger partial charge in [-0.05, 0) is 42.8 Å². The first-order valence-electron chi connectivity index (χ1n) is 9.64. The van der Waals surface area contributed by atoms with Gasteiger partial charge in [-0.15, -0.1) is 0 Å². The minimum absolute atomic E-state index is 0.0162. The third kappa shape index (κ3) is 6.99. The van der Waals surface area contributed by atoms with Crippen LogP contribution in [0.1, 0.15) is 18.5 Å². The Bertz CT molecular complexity index is 1030. The van der Waals surface area contributed by atoms with Crippen LogP contribution < -0.4 is 24.2 Å². The zero-order chi connectivity index (χ0) is 23.7. The molecule has 9 nitrogen and oxygen atoms in total. The van der Waals surface area contributed by atoms with Crippen LogP contribution in [0.15, 0.2) is 41.3 Å². The molecule has 0 saturated carbocycles. The van der Waals surface area contributed by atoms with E-state index < -0.39 is 10.0 Å². The van der Waals surface area contributed by atoms with E-state index in [9.17, 15) is 13.2 Å². The Kier molecular flexibility index (Phi) is 9.58. The highest BCUT2D eigenvalue weighted by Gasteiger charge is 2.17. The zero-order valence-electron chi connectivity index (χ0n) is 18.3. The third-order valence-electron chi connectivity index (χ3n) is 4.46. The predicted molar refractivity (Wildman–Crippen MR) is 120 cm³/mol. The number of benzene rings is 2. The van der Waals surface area contributed by atoms with Gasteiger partial charge in [0.2, 0.25) is 10.0 Å². The topological polar surface area (TPSA) is 112 Å². The second kappa shape index (κ2) is 11.9. The Hall–Kier alpha value is -2.53. The van der Waals surface area contributed by atoms with E-state index in [1.807, 2.05) is 13.0 Å². The fourth-order valence-electron chi connectivity index (χ4n) is 2.76. The molecule has 0 heterocycles. The van der Waals surface area contributed by atoms with Crippen LogP contribution >= 0.6 is 11.6 Å². The van der Waals surface area contributed by atoms with Crippen LogP contribution in [0.5, 0.6) is 17.2 Å². The van der Waals surface area contributed by atoms with E-state index in [0.717, 1.165) is 5.56 Å². The Labute approximate surface area is 193 Å². The Morgan fingerprint density at radius 2 is 1.72 bits per heavy atom. The monoisotopic (exact) mass is 486 g/mol. The average Bonchev–Trinajstić information content (AvgIpc) is 2.77. The van der Waals surface area contributed by atoms with Crippen LogP contribution in [0.25, 0.3) is 0 Å². The fraction of sp³-hybridized carbons (Fsp3) is 0.381. The number of ether oxygens (including phenoxy) is 4. The normalized spacial score (nSPS) is 12.2. The molecule has 0 spiro atoms. The van der Waals surface area contributed by atoms with Crippen molar-refractivity contribution in [3.63, 3.8) is 0 Å². The predicted octanol–water partition coefficient (Wildman–Crippen LogP) is 2.54. The maximum absolute atomic E-state index is 12.3. The first-order chi connectivity index (χ1) is 15.2. The summed E-state index contributed by atoms with van der Waals surface area (Å²) in [4.78, 5) is 12.3. The summed E-state index contributed by atoms with van der Waals surface area (Å²) in [5, 5.41) is 2.89. The summed E-state index contributed by atoms with van der Waals surface area (Å²) in [5.74, 6) is 0.964. The third-order valence-corrected chi connectivity index (χ3v) is 6.21. The fourth-order valence-corrected chi connectivity index (χ4v) is 4.10. The summed E-state index contributed by atoms with van der Waals surface area (Å²) in [5.41, 5.74) is 0.824. The lowest BCUT2D eigenvalue weighted by Gasteiger charge is -2.17. The van der Waals surface area contributed by atoms with E-state index in [0.29, 0.717) is 11.5 Å². The van der Waals surface area contributed by atoms with Crippen molar-refractivity contribution in [1.29, 1.82) is 0 Å². The van der Waals surface area contributed by atoms with E-state index in [4.69, 9.17) is 30.5 Å². The van der Waals surface area contributed by atoms with Crippen LogP contribution in [0.4, 0.5) is 0 Å². The molecule has 0 unspecified atom stereocenters. The smallest absolute Gasteiger partial charge is 0.258 e. The summed E-state index contributed by atoms with van der Waals surface area (Å²) in [7, 11) is 0.828. The molecule has 176 valence electrons. The molecule has 2 rings (SSSR count). The zero-order valence-corrected chi connectivity index (χ0v) is 19.9. The number of amides is 1. The van der Waals surface area contributed by atoms with Crippen molar-refractivity contribution < 1.29 is 32.2 Å². The van der Waals surface area contributed by atoms with Gasteiger partial charge in [0.15, 0.2) is 18.1 Å². The molecule has 2 aromatic carbocycles. The minimum atomic E-state index is -3.73. The quantitative estimate of drug-likeness (QED) is 0.443. The average molecular weight is 487 g/mol. The molecule has 0 aliphatic heterocycles. The molecule has 1 atom stereocenters. The molecular formula is C21H27ClN2O7S. The van der Waals surface area contributed by atoms with Gasteiger partial charge in [-0.1, -0.05) is 17.7 Å². The van der Waals surface area contributed by atoms with Crippen molar-refractivity contribution >= 4 is 27.5 Å². The van der Waals surface area contributed by atoms with Crippen LogP contribution in [-0.2, 0) is 19.6 Å². The first-order valence-corrected chi connectivity index (χ1v) is 11.5. The van der Waals surface area contributed by atoms with Gasteiger partial charge >= 0.3 is 0 Å². The van der Waals surface area contributed by atoms with E-state index in [1.165, 1.54) is 32.4 Å². The second-order valence-corrected chi connectivity index (χ2v) is 8.85. The van der Waals surface area contributed by atoms with Crippen LogP contribution in [0, 0.1) is 0 Å². The van der Waals surface area contributed by atoms with E-state index in [1.54, 1.807) is 19.2 Å². The highest BCUT2D eigenvalue weighted by Crippen LogP contribution is 2.30. The molecular weight excluding hydrogens is 460 g/mol. The summed E-state index contributed by atoms with van der Waals surface area (Å²) < 4.78 is 47.6. The SMILES string of the molecule is COCCNS(=O)(=O)c1ccc(OCC(=O)N[C@@H](C)c2ccc(OC)c(OC)c2)c(Cl)c1. The summed E-state index contributed by atoms with van der Waals surface area (Å²) in [6.07, 6.45) is 0. The Morgan fingerprint density at radius 1 is 1.03 bits per heavy atom. The van der Waals surface area contributed by atoms with Gasteiger partial charge in [0.05, 0.1) is 36.8 Å². The largest absolute Gasteiger partial charge is 0.493 e. The van der Waals surface area contributed by atoms with Crippen molar-refractivity contribution in [2.75, 3.05) is 41.1 Å². The second-order valence-electron chi connectivity index (χ2n) is 6.68. The standard InChI is InChI=1S/C21H27ClN2O7S/c1-14(15-5-7-19(29-3)20(11-15)30-4)24-21(25)13-31-18-8-6-16(12-17(18)22)32(26,27)23-9-10-28-2/h5-8,11-12,14,23H,9-10,13H2,1-4H3,(H,24,25)/t14-/m0/s1. The maximum Gasteiger partial charge on any atom is 0.258 e. The van der Waals surface area contributed by atoms with Crippen molar-refractivity contribution in [3.05, 3.63) is 47.0 Å². The summed E-state index contributed by atoms with van der Waals surface area (Å²) in [6, 6.07) is 9.06. The number of methoxy groups -OCH3 is 3. The van der Waals surface area contributed by atoms with Crippen LogP contribution in [0.3, 0.4) is 0 Å². The lowest BCUT2D eigenvalue weighted by molar-refractivity contribution is -0.123. The Morgan fingerprint density at radius 3 is 2.34 bits per heavy atom. The summed E-state index contributed by atoms with van der Waals surface area (Å²) >= 11 is 6.14. The molecule has 0 aliphatic rings. The van der Waals surface area contributed by atoms with Gasteiger partial charge in [0, 0.05) is 13.7 Å². The molecule has 0 saturated heterocycles. The van der Waals surface area contributed by atoms with Crippen LogP contribution in [0.2, 0.25) is 5.02 Å². The van der Waals surface area contributed by atoms with E-state index in [-0.39, 0.29) is 47.4 Å². The van der Waals surface area contributed by atoms with Gasteiger partial charge in [0.25, 0.3) is 5.91 Å². The number of rotatable bonds is 12. The molecule has 11 heteroatoms. The summed E-state index contributed by atoms with van der Waals surface area (Å²) in [6.45, 7) is 1.90. The van der Waals surface area contributed by atoms with Gasteiger partial charge in [0.1, 0.15) is 5.75 Å². The molecule has 0 fully saturated rings. The number of sulfonamides is 1. The molecule has 2 aromatic rings. The van der Waals surface area contributed by atoms with Gasteiger partial charge < -0.3 is 24.3 Å². The number of nitrogens with one attached hydrogen (secondary N) is 2. The van der Waals surface area contributed by atoms with Crippen molar-refractivity contribution in [1.82, 2.24) is 10.0 Å². The van der Waals surface area contributed by atoms with Gasteiger partial charge in [-0.3, -0.25) is 4.79 Å². The maximum atomic E-state index is 12.3. The van der Waals surface area contributed by atoms with Crippen molar-refractivity contribution in [3.8, 4) is 17.2 Å². The first kappa shape index (κ1) is 25.7. The number of hydrogen-bond acceptors (Lipinski definition) is 7. The minimum Gasteiger partial charge on any atom is -0.493 e. The molecule has 0 aliphatic carbocycles. The lowest BCUT2D eigenvalue weighted by Crippen LogP contribution is -2.31. The molecule has 2 N–H and O–H groups in total. The number of carbonyl (C=O) groups is 1. The molecule has 0 radical (unpaired) electrons. The highest BCUT2D eigenvalue weighted by atomic mass is 35.5. The number of halogens is 1. The highest BCUT2D eigenvalue weighted by molar-refractivity contribution is 7.89. The van der Waals surface area contributed by atoms with Crippen molar-refractivity contribution in [2.45, 2.75) is 17.9 Å². The molecule has 0 aromatic heterocycles. The molecule has 1 amide bonds. The van der Waals surface area contributed by atoms with E-state index in [2.05, 4.69) is 10.0 Å². The lowest BCUT2D eigenvalue weighted by atomic mass is 10.1. The van der Waals surface area contributed by atoms with Crippen molar-refractivity contribution in [2.24, 2.45) is 0 Å². The molecule has 0 bridgehead atoms.